The molecule has 2 aromatic rings. The molecule has 0 bridgehead atoms. The monoisotopic (exact) mass is 286 g/mol. The first-order valence-corrected chi connectivity index (χ1v) is 7.16. The molecule has 1 fully saturated rings. The van der Waals surface area contributed by atoms with Crippen LogP contribution in [0.25, 0.3) is 10.9 Å². The molecular weight excluding hydrogens is 268 g/mol. The SMILES string of the molecule is NCC1(Nc2c([N+](=O)[O-])cnc3ccccc23)CCCC1. The predicted molar refractivity (Wildman–Crippen MR) is 82.3 cm³/mol. The highest BCUT2D eigenvalue weighted by Gasteiger charge is 2.34. The quantitative estimate of drug-likeness (QED) is 0.665. The Bertz CT molecular complexity index is 680. The average Bonchev–Trinajstić information content (AvgIpc) is 2.96. The molecule has 3 N–H and O–H groups in total. The number of nitro groups is 1. The molecule has 1 aromatic carbocycles. The van der Waals surface area contributed by atoms with Crippen molar-refractivity contribution in [2.45, 2.75) is 31.2 Å². The van der Waals surface area contributed by atoms with Crippen molar-refractivity contribution in [1.82, 2.24) is 4.98 Å². The first-order chi connectivity index (χ1) is 10.2. The minimum absolute atomic E-state index is 0.00780. The summed E-state index contributed by atoms with van der Waals surface area (Å²) in [5.74, 6) is 0. The minimum atomic E-state index is -0.388. The molecule has 6 heteroatoms. The van der Waals surface area contributed by atoms with Gasteiger partial charge in [-0.2, -0.15) is 0 Å². The summed E-state index contributed by atoms with van der Waals surface area (Å²) in [7, 11) is 0. The molecule has 110 valence electrons. The normalized spacial score (nSPS) is 17.0. The zero-order valence-corrected chi connectivity index (χ0v) is 11.7. The maximum Gasteiger partial charge on any atom is 0.311 e. The van der Waals surface area contributed by atoms with Gasteiger partial charge in [0.1, 0.15) is 11.9 Å². The van der Waals surface area contributed by atoms with Gasteiger partial charge in [-0.3, -0.25) is 10.1 Å². The molecule has 3 rings (SSSR count). The Labute approximate surface area is 122 Å². The second kappa shape index (κ2) is 5.29. The Kier molecular flexibility index (Phi) is 3.47. The number of rotatable bonds is 4. The summed E-state index contributed by atoms with van der Waals surface area (Å²) in [6.07, 6.45) is 5.40. The predicted octanol–water partition coefficient (Wildman–Crippen LogP) is 2.83. The van der Waals surface area contributed by atoms with Crippen molar-refractivity contribution in [3.8, 4) is 0 Å². The average molecular weight is 286 g/mol. The lowest BCUT2D eigenvalue weighted by Crippen LogP contribution is -2.43. The topological polar surface area (TPSA) is 94.1 Å². The molecule has 0 radical (unpaired) electrons. The Morgan fingerprint density at radius 2 is 2.05 bits per heavy atom. The number of hydrogen-bond donors (Lipinski definition) is 2. The number of fused-ring (bicyclic) bond motifs is 1. The third kappa shape index (κ3) is 2.42. The van der Waals surface area contributed by atoms with Gasteiger partial charge in [0, 0.05) is 17.5 Å². The van der Waals surface area contributed by atoms with Crippen LogP contribution in [-0.4, -0.2) is 22.0 Å². The molecule has 1 saturated carbocycles. The molecule has 1 aromatic heterocycles. The zero-order valence-electron chi connectivity index (χ0n) is 11.7. The highest BCUT2D eigenvalue weighted by Crippen LogP contribution is 2.38. The van der Waals surface area contributed by atoms with Crippen LogP contribution >= 0.6 is 0 Å². The Morgan fingerprint density at radius 1 is 1.33 bits per heavy atom. The highest BCUT2D eigenvalue weighted by molar-refractivity contribution is 5.96. The number of nitrogens with one attached hydrogen (secondary N) is 1. The first kappa shape index (κ1) is 13.8. The molecule has 0 amide bonds. The van der Waals surface area contributed by atoms with Crippen molar-refractivity contribution >= 4 is 22.3 Å². The molecule has 0 spiro atoms. The van der Waals surface area contributed by atoms with E-state index in [0.717, 1.165) is 36.6 Å². The lowest BCUT2D eigenvalue weighted by molar-refractivity contribution is -0.384. The largest absolute Gasteiger partial charge is 0.372 e. The van der Waals surface area contributed by atoms with E-state index in [2.05, 4.69) is 10.3 Å². The summed E-state index contributed by atoms with van der Waals surface area (Å²) in [6.45, 7) is 0.473. The van der Waals surface area contributed by atoms with Crippen LogP contribution in [0.15, 0.2) is 30.5 Å². The number of nitrogens with zero attached hydrogens (tertiary/aromatic N) is 2. The maximum atomic E-state index is 11.3. The van der Waals surface area contributed by atoms with Gasteiger partial charge in [0.2, 0.25) is 0 Å². The standard InChI is InChI=1S/C15H18N4O2/c16-10-15(7-3-4-8-15)18-14-11-5-1-2-6-12(11)17-9-13(14)19(20)21/h1-2,5-6,9H,3-4,7-8,10,16H2,(H,17,18). The van der Waals surface area contributed by atoms with E-state index in [1.54, 1.807) is 0 Å². The molecule has 1 heterocycles. The van der Waals surface area contributed by atoms with Crippen molar-refractivity contribution in [2.24, 2.45) is 5.73 Å². The number of nitrogens with two attached hydrogens (primary N) is 1. The van der Waals surface area contributed by atoms with Gasteiger partial charge < -0.3 is 11.1 Å². The number of para-hydroxylation sites is 1. The fraction of sp³-hybridized carbons (Fsp3) is 0.400. The van der Waals surface area contributed by atoms with E-state index in [-0.39, 0.29) is 16.1 Å². The number of anilines is 1. The van der Waals surface area contributed by atoms with Gasteiger partial charge in [0.05, 0.1) is 10.4 Å². The zero-order chi connectivity index (χ0) is 14.9. The molecular formula is C15H18N4O2. The lowest BCUT2D eigenvalue weighted by Gasteiger charge is -2.30. The Morgan fingerprint density at radius 3 is 2.71 bits per heavy atom. The maximum absolute atomic E-state index is 11.3. The van der Waals surface area contributed by atoms with Crippen molar-refractivity contribution in [1.29, 1.82) is 0 Å². The van der Waals surface area contributed by atoms with Crippen molar-refractivity contribution in [2.75, 3.05) is 11.9 Å². The van der Waals surface area contributed by atoms with Crippen LogP contribution in [0.2, 0.25) is 0 Å². The Balaban J connectivity index is 2.14. The fourth-order valence-corrected chi connectivity index (χ4v) is 3.10. The fourth-order valence-electron chi connectivity index (χ4n) is 3.10. The van der Waals surface area contributed by atoms with Gasteiger partial charge in [0.15, 0.2) is 0 Å². The summed E-state index contributed by atoms with van der Waals surface area (Å²) in [5.41, 5.74) is 6.99. The molecule has 6 nitrogen and oxygen atoms in total. The smallest absolute Gasteiger partial charge is 0.311 e. The molecule has 1 aliphatic carbocycles. The second-order valence-corrected chi connectivity index (χ2v) is 5.61. The minimum Gasteiger partial charge on any atom is -0.372 e. The summed E-state index contributed by atoms with van der Waals surface area (Å²) in [6, 6.07) is 7.45. The van der Waals surface area contributed by atoms with E-state index >= 15 is 0 Å². The summed E-state index contributed by atoms with van der Waals surface area (Å²) < 4.78 is 0. The van der Waals surface area contributed by atoms with Crippen LogP contribution in [0.3, 0.4) is 0 Å². The van der Waals surface area contributed by atoms with Gasteiger partial charge in [-0.25, -0.2) is 4.98 Å². The van der Waals surface area contributed by atoms with E-state index < -0.39 is 0 Å². The molecule has 0 unspecified atom stereocenters. The third-order valence-electron chi connectivity index (χ3n) is 4.29. The van der Waals surface area contributed by atoms with E-state index in [4.69, 9.17) is 5.73 Å². The number of benzene rings is 1. The van der Waals surface area contributed by atoms with Crippen molar-refractivity contribution < 1.29 is 4.92 Å². The lowest BCUT2D eigenvalue weighted by atomic mass is 9.96. The van der Waals surface area contributed by atoms with Gasteiger partial charge in [0.25, 0.3) is 0 Å². The Hall–Kier alpha value is -2.21. The molecule has 1 aliphatic rings. The first-order valence-electron chi connectivity index (χ1n) is 7.16. The van der Waals surface area contributed by atoms with Crippen LogP contribution < -0.4 is 11.1 Å². The highest BCUT2D eigenvalue weighted by atomic mass is 16.6. The number of hydrogen-bond acceptors (Lipinski definition) is 5. The van der Waals surface area contributed by atoms with Gasteiger partial charge >= 0.3 is 5.69 Å². The summed E-state index contributed by atoms with van der Waals surface area (Å²) in [5, 5.41) is 15.5. The van der Waals surface area contributed by atoms with E-state index in [1.165, 1.54) is 6.20 Å². The van der Waals surface area contributed by atoms with Crippen LogP contribution in [0.1, 0.15) is 25.7 Å². The van der Waals surface area contributed by atoms with Crippen LogP contribution in [0.5, 0.6) is 0 Å². The van der Waals surface area contributed by atoms with Crippen molar-refractivity contribution in [3.63, 3.8) is 0 Å². The molecule has 21 heavy (non-hydrogen) atoms. The van der Waals surface area contributed by atoms with Crippen LogP contribution in [0.4, 0.5) is 11.4 Å². The van der Waals surface area contributed by atoms with Gasteiger partial charge in [-0.1, -0.05) is 31.0 Å². The number of aromatic nitrogens is 1. The van der Waals surface area contributed by atoms with E-state index in [9.17, 15) is 10.1 Å². The van der Waals surface area contributed by atoms with E-state index in [1.807, 2.05) is 24.3 Å². The molecule has 0 aliphatic heterocycles. The third-order valence-corrected chi connectivity index (χ3v) is 4.29. The number of pyridine rings is 1. The van der Waals surface area contributed by atoms with Crippen LogP contribution in [0, 0.1) is 10.1 Å². The summed E-state index contributed by atoms with van der Waals surface area (Å²) in [4.78, 5) is 15.1. The van der Waals surface area contributed by atoms with Crippen LogP contribution in [-0.2, 0) is 0 Å². The van der Waals surface area contributed by atoms with Crippen molar-refractivity contribution in [3.05, 3.63) is 40.6 Å². The van der Waals surface area contributed by atoms with E-state index in [0.29, 0.717) is 12.2 Å². The molecule has 0 atom stereocenters. The van der Waals surface area contributed by atoms with Gasteiger partial charge in [-0.15, -0.1) is 0 Å². The summed E-state index contributed by atoms with van der Waals surface area (Å²) >= 11 is 0. The molecule has 0 saturated heterocycles. The van der Waals surface area contributed by atoms with Gasteiger partial charge in [-0.05, 0) is 18.9 Å². The second-order valence-electron chi connectivity index (χ2n) is 5.61.